The van der Waals surface area contributed by atoms with Crippen molar-refractivity contribution >= 4 is 45.1 Å². The van der Waals surface area contributed by atoms with Gasteiger partial charge < -0.3 is 10.1 Å². The van der Waals surface area contributed by atoms with Gasteiger partial charge in [0.05, 0.1) is 10.9 Å². The molecule has 1 N–H and O–H groups in total. The van der Waals surface area contributed by atoms with E-state index in [4.69, 9.17) is 4.74 Å². The number of carbonyl (C=O) groups excluding carboxylic acids is 1. The number of para-hydroxylation sites is 1. The number of anilines is 1. The van der Waals surface area contributed by atoms with E-state index in [1.54, 1.807) is 0 Å². The quantitative estimate of drug-likeness (QED) is 0.677. The molecule has 0 atom stereocenters. The van der Waals surface area contributed by atoms with Crippen molar-refractivity contribution in [3.05, 3.63) is 58.4 Å². The number of rotatable bonds is 4. The SMILES string of the molecule is O=C(COc1ncnc2ccccc12)Nc1ccc(I)cc1. The van der Waals surface area contributed by atoms with Crippen LogP contribution in [0, 0.1) is 3.57 Å². The number of fused-ring (bicyclic) bond motifs is 1. The highest BCUT2D eigenvalue weighted by molar-refractivity contribution is 14.1. The van der Waals surface area contributed by atoms with Crippen LogP contribution in [0.5, 0.6) is 5.88 Å². The lowest BCUT2D eigenvalue weighted by Crippen LogP contribution is -2.20. The van der Waals surface area contributed by atoms with E-state index in [1.807, 2.05) is 48.5 Å². The largest absolute Gasteiger partial charge is 0.467 e. The molecule has 2 aromatic carbocycles. The van der Waals surface area contributed by atoms with E-state index in [9.17, 15) is 4.79 Å². The lowest BCUT2D eigenvalue weighted by Gasteiger charge is -2.08. The van der Waals surface area contributed by atoms with Crippen LogP contribution in [0.3, 0.4) is 0 Å². The van der Waals surface area contributed by atoms with Gasteiger partial charge in [-0.2, -0.15) is 0 Å². The fraction of sp³-hybridized carbons (Fsp3) is 0.0625. The van der Waals surface area contributed by atoms with Crippen LogP contribution in [0.25, 0.3) is 10.9 Å². The number of hydrogen-bond acceptors (Lipinski definition) is 4. The number of carbonyl (C=O) groups is 1. The molecule has 1 heterocycles. The van der Waals surface area contributed by atoms with Crippen molar-refractivity contribution in [2.24, 2.45) is 0 Å². The van der Waals surface area contributed by atoms with E-state index < -0.39 is 0 Å². The average molecular weight is 405 g/mol. The Morgan fingerprint density at radius 2 is 1.86 bits per heavy atom. The molecule has 0 fully saturated rings. The maximum absolute atomic E-state index is 11.9. The highest BCUT2D eigenvalue weighted by Crippen LogP contribution is 2.20. The molecule has 0 aliphatic heterocycles. The molecule has 0 unspecified atom stereocenters. The van der Waals surface area contributed by atoms with E-state index in [2.05, 4.69) is 37.9 Å². The normalized spacial score (nSPS) is 10.4. The molecule has 0 radical (unpaired) electrons. The molecule has 0 saturated heterocycles. The van der Waals surface area contributed by atoms with Crippen LogP contribution < -0.4 is 10.1 Å². The Hall–Kier alpha value is -2.22. The molecule has 3 rings (SSSR count). The van der Waals surface area contributed by atoms with E-state index in [-0.39, 0.29) is 12.5 Å². The van der Waals surface area contributed by atoms with Gasteiger partial charge in [0, 0.05) is 9.26 Å². The predicted molar refractivity (Wildman–Crippen MR) is 92.8 cm³/mol. The first-order valence-corrected chi connectivity index (χ1v) is 7.68. The Bertz CT molecular complexity index is 801. The van der Waals surface area contributed by atoms with E-state index in [0.29, 0.717) is 5.88 Å². The van der Waals surface area contributed by atoms with Gasteiger partial charge in [-0.3, -0.25) is 4.79 Å². The Balaban J connectivity index is 1.66. The zero-order valence-corrected chi connectivity index (χ0v) is 13.6. The number of halogens is 1. The third-order valence-corrected chi connectivity index (χ3v) is 3.69. The lowest BCUT2D eigenvalue weighted by molar-refractivity contribution is -0.118. The number of ether oxygens (including phenoxy) is 1. The number of aromatic nitrogens is 2. The topological polar surface area (TPSA) is 64.1 Å². The van der Waals surface area contributed by atoms with Gasteiger partial charge in [0.25, 0.3) is 5.91 Å². The van der Waals surface area contributed by atoms with Crippen molar-refractivity contribution in [3.63, 3.8) is 0 Å². The number of amides is 1. The van der Waals surface area contributed by atoms with Crippen molar-refractivity contribution in [1.29, 1.82) is 0 Å². The molecular formula is C16H12IN3O2. The van der Waals surface area contributed by atoms with Crippen LogP contribution in [0.4, 0.5) is 5.69 Å². The van der Waals surface area contributed by atoms with Crippen LogP contribution in [0.1, 0.15) is 0 Å². The summed E-state index contributed by atoms with van der Waals surface area (Å²) in [5.74, 6) is 0.173. The van der Waals surface area contributed by atoms with Crippen molar-refractivity contribution in [2.45, 2.75) is 0 Å². The minimum absolute atomic E-state index is 0.104. The maximum Gasteiger partial charge on any atom is 0.262 e. The fourth-order valence-corrected chi connectivity index (χ4v) is 2.32. The molecule has 3 aromatic rings. The number of benzene rings is 2. The summed E-state index contributed by atoms with van der Waals surface area (Å²) in [5.41, 5.74) is 1.52. The van der Waals surface area contributed by atoms with Gasteiger partial charge in [0.2, 0.25) is 5.88 Å². The zero-order valence-electron chi connectivity index (χ0n) is 11.5. The van der Waals surface area contributed by atoms with E-state index in [0.717, 1.165) is 20.2 Å². The summed E-state index contributed by atoms with van der Waals surface area (Å²) in [5, 5.41) is 3.56. The van der Waals surface area contributed by atoms with Crippen molar-refractivity contribution in [3.8, 4) is 5.88 Å². The number of hydrogen-bond donors (Lipinski definition) is 1. The molecule has 1 aromatic heterocycles. The van der Waals surface area contributed by atoms with Gasteiger partial charge in [-0.15, -0.1) is 0 Å². The van der Waals surface area contributed by atoms with Crippen LogP contribution in [-0.4, -0.2) is 22.5 Å². The minimum Gasteiger partial charge on any atom is -0.467 e. The minimum atomic E-state index is -0.232. The molecule has 1 amide bonds. The van der Waals surface area contributed by atoms with Crippen LogP contribution >= 0.6 is 22.6 Å². The summed E-state index contributed by atoms with van der Waals surface area (Å²) < 4.78 is 6.62. The summed E-state index contributed by atoms with van der Waals surface area (Å²) in [4.78, 5) is 20.2. The van der Waals surface area contributed by atoms with Gasteiger partial charge >= 0.3 is 0 Å². The summed E-state index contributed by atoms with van der Waals surface area (Å²) in [6.45, 7) is -0.104. The van der Waals surface area contributed by atoms with Gasteiger partial charge in [0.15, 0.2) is 6.61 Å². The molecule has 22 heavy (non-hydrogen) atoms. The van der Waals surface area contributed by atoms with Crippen molar-refractivity contribution in [2.75, 3.05) is 11.9 Å². The highest BCUT2D eigenvalue weighted by Gasteiger charge is 2.08. The third kappa shape index (κ3) is 3.51. The predicted octanol–water partition coefficient (Wildman–Crippen LogP) is 3.25. The standard InChI is InChI=1S/C16H12IN3O2/c17-11-5-7-12(8-6-11)20-15(21)9-22-16-13-3-1-2-4-14(13)18-10-19-16/h1-8,10H,9H2,(H,20,21). The first-order valence-electron chi connectivity index (χ1n) is 6.60. The Kier molecular flexibility index (Phi) is 4.47. The van der Waals surface area contributed by atoms with E-state index in [1.165, 1.54) is 6.33 Å². The van der Waals surface area contributed by atoms with Crippen molar-refractivity contribution in [1.82, 2.24) is 9.97 Å². The Labute approximate surface area is 140 Å². The summed E-state index contributed by atoms with van der Waals surface area (Å²) >= 11 is 2.21. The Morgan fingerprint density at radius 3 is 2.68 bits per heavy atom. The molecule has 5 nitrogen and oxygen atoms in total. The van der Waals surface area contributed by atoms with Crippen LogP contribution in [0.15, 0.2) is 54.9 Å². The fourth-order valence-electron chi connectivity index (χ4n) is 1.96. The maximum atomic E-state index is 11.9. The van der Waals surface area contributed by atoms with Gasteiger partial charge in [-0.05, 0) is 59.0 Å². The average Bonchev–Trinajstić information content (AvgIpc) is 2.55. The second-order valence-corrected chi connectivity index (χ2v) is 5.79. The molecule has 0 saturated carbocycles. The summed E-state index contributed by atoms with van der Waals surface area (Å²) in [6.07, 6.45) is 1.43. The van der Waals surface area contributed by atoms with Gasteiger partial charge in [-0.1, -0.05) is 12.1 Å². The first-order chi connectivity index (χ1) is 10.7. The smallest absolute Gasteiger partial charge is 0.262 e. The first kappa shape index (κ1) is 14.7. The second-order valence-electron chi connectivity index (χ2n) is 4.54. The number of nitrogens with zero attached hydrogens (tertiary/aromatic N) is 2. The van der Waals surface area contributed by atoms with Gasteiger partial charge in [0.1, 0.15) is 6.33 Å². The Morgan fingerprint density at radius 1 is 1.09 bits per heavy atom. The van der Waals surface area contributed by atoms with Crippen LogP contribution in [0.2, 0.25) is 0 Å². The lowest BCUT2D eigenvalue weighted by atomic mass is 10.2. The zero-order chi connectivity index (χ0) is 15.4. The second kappa shape index (κ2) is 6.69. The molecule has 110 valence electrons. The molecule has 0 aliphatic rings. The van der Waals surface area contributed by atoms with Crippen LogP contribution in [-0.2, 0) is 4.79 Å². The molecular weight excluding hydrogens is 393 g/mol. The summed E-state index contributed by atoms with van der Waals surface area (Å²) in [7, 11) is 0. The monoisotopic (exact) mass is 405 g/mol. The number of nitrogens with one attached hydrogen (secondary N) is 1. The third-order valence-electron chi connectivity index (χ3n) is 2.97. The summed E-state index contributed by atoms with van der Waals surface area (Å²) in [6, 6.07) is 15.0. The van der Waals surface area contributed by atoms with Crippen molar-refractivity contribution < 1.29 is 9.53 Å². The highest BCUT2D eigenvalue weighted by atomic mass is 127. The van der Waals surface area contributed by atoms with E-state index >= 15 is 0 Å². The molecule has 0 bridgehead atoms. The molecule has 6 heteroatoms. The van der Waals surface area contributed by atoms with Gasteiger partial charge in [-0.25, -0.2) is 9.97 Å². The molecule has 0 aliphatic carbocycles. The molecule has 0 spiro atoms.